The topological polar surface area (TPSA) is 39.4 Å². The Morgan fingerprint density at radius 3 is 2.94 bits per heavy atom. The van der Waals surface area contributed by atoms with Crippen LogP contribution in [-0.4, -0.2) is 6.10 Å². The van der Waals surface area contributed by atoms with Crippen LogP contribution in [0.1, 0.15) is 18.1 Å². The average molecular weight is 242 g/mol. The van der Waals surface area contributed by atoms with E-state index in [0.29, 0.717) is 23.3 Å². The van der Waals surface area contributed by atoms with Gasteiger partial charge in [0.05, 0.1) is 10.9 Å². The lowest BCUT2D eigenvalue weighted by molar-refractivity contribution is 0.273. The molecule has 0 aliphatic carbocycles. The van der Waals surface area contributed by atoms with Crippen molar-refractivity contribution in [3.05, 3.63) is 51.9 Å². The first kappa shape index (κ1) is 11.1. The minimum Gasteiger partial charge on any atom is -0.484 e. The van der Waals surface area contributed by atoms with Crippen molar-refractivity contribution in [3.63, 3.8) is 0 Å². The fraction of sp³-hybridized carbons (Fsp3) is 0.267. The third-order valence-electron chi connectivity index (χ3n) is 3.38. The smallest absolute Gasteiger partial charge is 0.343 e. The Bertz CT molecular complexity index is 709. The first-order valence-electron chi connectivity index (χ1n) is 5.95. The molecule has 3 nitrogen and oxygen atoms in total. The molecule has 0 spiro atoms. The number of fused-ring (bicyclic) bond motifs is 3. The molecule has 0 N–H and O–H groups in total. The third kappa shape index (κ3) is 1.47. The number of hydrogen-bond acceptors (Lipinski definition) is 3. The summed E-state index contributed by atoms with van der Waals surface area (Å²) >= 11 is 0. The molecule has 18 heavy (non-hydrogen) atoms. The fourth-order valence-electron chi connectivity index (χ4n) is 2.37. The van der Waals surface area contributed by atoms with Gasteiger partial charge in [0.2, 0.25) is 0 Å². The summed E-state index contributed by atoms with van der Waals surface area (Å²) in [4.78, 5) is 11.9. The van der Waals surface area contributed by atoms with Gasteiger partial charge in [-0.15, -0.1) is 0 Å². The maximum Gasteiger partial charge on any atom is 0.343 e. The molecule has 1 atom stereocenters. The maximum atomic E-state index is 11.9. The molecule has 0 bridgehead atoms. The van der Waals surface area contributed by atoms with Crippen LogP contribution in [0, 0.1) is 6.92 Å². The van der Waals surface area contributed by atoms with Gasteiger partial charge in [0.1, 0.15) is 17.4 Å². The lowest BCUT2D eigenvalue weighted by Gasteiger charge is -2.11. The van der Waals surface area contributed by atoms with Gasteiger partial charge in [-0.1, -0.05) is 18.7 Å². The van der Waals surface area contributed by atoms with Crippen molar-refractivity contribution in [1.29, 1.82) is 0 Å². The monoisotopic (exact) mass is 242 g/mol. The Kier molecular flexibility index (Phi) is 2.30. The molecule has 1 unspecified atom stereocenters. The van der Waals surface area contributed by atoms with E-state index in [1.54, 1.807) is 6.07 Å². The number of ether oxygens (including phenoxy) is 1. The molecule has 3 heteroatoms. The van der Waals surface area contributed by atoms with Crippen molar-refractivity contribution >= 4 is 11.0 Å². The zero-order chi connectivity index (χ0) is 12.9. The summed E-state index contributed by atoms with van der Waals surface area (Å²) in [6, 6.07) is 5.65. The van der Waals surface area contributed by atoms with Gasteiger partial charge in [-0.2, -0.15) is 0 Å². The van der Waals surface area contributed by atoms with Crippen LogP contribution in [0.15, 0.2) is 39.6 Å². The van der Waals surface area contributed by atoms with Crippen molar-refractivity contribution in [2.45, 2.75) is 26.4 Å². The second-order valence-corrected chi connectivity index (χ2v) is 4.80. The summed E-state index contributed by atoms with van der Waals surface area (Å²) in [6.07, 6.45) is 0.435. The van der Waals surface area contributed by atoms with Crippen LogP contribution in [-0.2, 0) is 6.42 Å². The summed E-state index contributed by atoms with van der Waals surface area (Å²) in [7, 11) is 0. The number of hydrogen-bond donors (Lipinski definition) is 0. The molecule has 0 saturated carbocycles. The Morgan fingerprint density at radius 1 is 1.44 bits per heavy atom. The average Bonchev–Trinajstić information content (AvgIpc) is 2.74. The lowest BCUT2D eigenvalue weighted by atomic mass is 10.0. The van der Waals surface area contributed by atoms with E-state index in [9.17, 15) is 4.79 Å². The van der Waals surface area contributed by atoms with Gasteiger partial charge in [0.25, 0.3) is 0 Å². The highest BCUT2D eigenvalue weighted by molar-refractivity contribution is 5.88. The predicted octanol–water partition coefficient (Wildman–Crippen LogP) is 2.98. The van der Waals surface area contributed by atoms with Crippen LogP contribution < -0.4 is 10.4 Å². The molecule has 2 heterocycles. The third-order valence-corrected chi connectivity index (χ3v) is 3.38. The number of aryl methyl sites for hydroxylation is 1. The SMILES string of the molecule is C=C(C)C1Cc2c(c3c(C)cccc3oc2=O)O1. The van der Waals surface area contributed by atoms with Gasteiger partial charge in [-0.25, -0.2) is 4.79 Å². The molecule has 1 aliphatic heterocycles. The second kappa shape index (κ2) is 3.73. The Hall–Kier alpha value is -2.03. The van der Waals surface area contributed by atoms with E-state index >= 15 is 0 Å². The Labute approximate surface area is 105 Å². The molecule has 1 aromatic carbocycles. The van der Waals surface area contributed by atoms with Crippen molar-refractivity contribution in [1.82, 2.24) is 0 Å². The first-order valence-corrected chi connectivity index (χ1v) is 5.95. The molecule has 2 aromatic rings. The van der Waals surface area contributed by atoms with Gasteiger partial charge in [0, 0.05) is 6.42 Å². The highest BCUT2D eigenvalue weighted by Gasteiger charge is 2.29. The van der Waals surface area contributed by atoms with E-state index in [1.807, 2.05) is 26.0 Å². The van der Waals surface area contributed by atoms with E-state index in [2.05, 4.69) is 6.58 Å². The standard InChI is InChI=1S/C15H14O3/c1-8(2)12-7-10-14(17-12)13-9(3)5-4-6-11(13)18-15(10)16/h4-6,12H,1,7H2,2-3H3. The van der Waals surface area contributed by atoms with Crippen LogP contribution in [0.3, 0.4) is 0 Å². The van der Waals surface area contributed by atoms with Crippen LogP contribution in [0.25, 0.3) is 11.0 Å². The number of rotatable bonds is 1. The molecule has 92 valence electrons. The quantitative estimate of drug-likeness (QED) is 0.570. The van der Waals surface area contributed by atoms with Gasteiger partial charge in [0.15, 0.2) is 0 Å². The fourth-order valence-corrected chi connectivity index (χ4v) is 2.37. The maximum absolute atomic E-state index is 11.9. The molecular formula is C15H14O3. The van der Waals surface area contributed by atoms with Crippen molar-refractivity contribution in [2.24, 2.45) is 0 Å². The van der Waals surface area contributed by atoms with E-state index < -0.39 is 0 Å². The zero-order valence-electron chi connectivity index (χ0n) is 10.4. The van der Waals surface area contributed by atoms with E-state index in [4.69, 9.17) is 9.15 Å². The molecule has 1 aliphatic rings. The first-order chi connectivity index (χ1) is 8.58. The Morgan fingerprint density at radius 2 is 2.22 bits per heavy atom. The summed E-state index contributed by atoms with van der Waals surface area (Å²) in [5, 5.41) is 0.899. The highest BCUT2D eigenvalue weighted by Crippen LogP contribution is 2.37. The van der Waals surface area contributed by atoms with Gasteiger partial charge >= 0.3 is 5.63 Å². The van der Waals surface area contributed by atoms with Crippen LogP contribution in [0.4, 0.5) is 0 Å². The van der Waals surface area contributed by atoms with E-state index in [1.165, 1.54) is 0 Å². The molecule has 0 saturated heterocycles. The predicted molar refractivity (Wildman–Crippen MR) is 70.2 cm³/mol. The van der Waals surface area contributed by atoms with Crippen molar-refractivity contribution in [3.8, 4) is 5.75 Å². The zero-order valence-corrected chi connectivity index (χ0v) is 10.4. The minimum absolute atomic E-state index is 0.117. The Balaban J connectivity index is 2.33. The van der Waals surface area contributed by atoms with E-state index in [-0.39, 0.29) is 11.7 Å². The van der Waals surface area contributed by atoms with Crippen molar-refractivity contribution < 1.29 is 9.15 Å². The molecule has 0 fully saturated rings. The summed E-state index contributed by atoms with van der Waals surface area (Å²) in [6.45, 7) is 7.79. The normalized spacial score (nSPS) is 17.6. The minimum atomic E-state index is -0.299. The molecule has 3 rings (SSSR count). The molecular weight excluding hydrogens is 228 g/mol. The van der Waals surface area contributed by atoms with E-state index in [0.717, 1.165) is 16.5 Å². The highest BCUT2D eigenvalue weighted by atomic mass is 16.5. The largest absolute Gasteiger partial charge is 0.484 e. The molecule has 1 aromatic heterocycles. The van der Waals surface area contributed by atoms with Crippen molar-refractivity contribution in [2.75, 3.05) is 0 Å². The number of benzene rings is 1. The van der Waals surface area contributed by atoms with Gasteiger partial charge < -0.3 is 9.15 Å². The van der Waals surface area contributed by atoms with Gasteiger partial charge in [-0.3, -0.25) is 0 Å². The van der Waals surface area contributed by atoms with Crippen LogP contribution >= 0.6 is 0 Å². The van der Waals surface area contributed by atoms with Crippen LogP contribution in [0.5, 0.6) is 5.75 Å². The lowest BCUT2D eigenvalue weighted by Crippen LogP contribution is -2.14. The van der Waals surface area contributed by atoms with Gasteiger partial charge in [-0.05, 0) is 31.1 Å². The second-order valence-electron chi connectivity index (χ2n) is 4.80. The summed E-state index contributed by atoms with van der Waals surface area (Å²) < 4.78 is 11.2. The molecule has 0 amide bonds. The summed E-state index contributed by atoms with van der Waals surface area (Å²) in [5.74, 6) is 0.673. The van der Waals surface area contributed by atoms with Crippen LogP contribution in [0.2, 0.25) is 0 Å². The molecule has 0 radical (unpaired) electrons. The summed E-state index contributed by atoms with van der Waals surface area (Å²) in [5.41, 5.74) is 2.89.